The summed E-state index contributed by atoms with van der Waals surface area (Å²) in [7, 11) is 0. The van der Waals surface area contributed by atoms with Crippen molar-refractivity contribution in [1.29, 1.82) is 0 Å². The Morgan fingerprint density at radius 2 is 1.42 bits per heavy atom. The molecule has 0 unspecified atom stereocenters. The lowest BCUT2D eigenvalue weighted by molar-refractivity contribution is -0.110. The van der Waals surface area contributed by atoms with Gasteiger partial charge in [-0.2, -0.15) is 0 Å². The van der Waals surface area contributed by atoms with Crippen LogP contribution in [0.5, 0.6) is 0 Å². The standard InChI is InChI=1S/C17H28OS.C15H15NO3/c1-14(2)8-5-9-15(3)10-6-11-16(4)12-7-13-17(18)19;1-9-4-5-13(10(2)6-9)16-8-12(15(18)19)14(17)7-11(16)3/h8,10,12H,5-7,9,11,13H2,1-4H3,(H,18,19);4-8H,1-3H3,(H,18,19). The Bertz CT molecular complexity index is 1260. The van der Waals surface area contributed by atoms with Gasteiger partial charge in [-0.1, -0.05) is 52.6 Å². The first-order chi connectivity index (χ1) is 17.8. The number of aromatic nitrogens is 1. The van der Waals surface area contributed by atoms with Crippen LogP contribution in [0, 0.1) is 20.8 Å². The molecule has 38 heavy (non-hydrogen) atoms. The molecular formula is C32H43NO4S. The van der Waals surface area contributed by atoms with Crippen LogP contribution < -0.4 is 5.43 Å². The van der Waals surface area contributed by atoms with Crippen LogP contribution in [0.3, 0.4) is 0 Å². The predicted octanol–water partition coefficient (Wildman–Crippen LogP) is 8.10. The molecule has 6 heteroatoms. The number of nitrogens with zero attached hydrogens (tertiary/aromatic N) is 1. The van der Waals surface area contributed by atoms with Crippen LogP contribution in [0.4, 0.5) is 0 Å². The number of benzene rings is 1. The summed E-state index contributed by atoms with van der Waals surface area (Å²) >= 11 is 3.76. The fourth-order valence-electron chi connectivity index (χ4n) is 3.91. The number of aryl methyl sites for hydroxylation is 3. The van der Waals surface area contributed by atoms with E-state index in [1.54, 1.807) is 11.5 Å². The Balaban J connectivity index is 0.000000380. The van der Waals surface area contributed by atoms with E-state index in [1.807, 2.05) is 32.0 Å². The summed E-state index contributed by atoms with van der Waals surface area (Å²) in [6, 6.07) is 7.25. The third kappa shape index (κ3) is 12.4. The molecule has 0 aliphatic rings. The van der Waals surface area contributed by atoms with Crippen molar-refractivity contribution in [3.05, 3.63) is 98.0 Å². The molecule has 1 N–H and O–H groups in total. The van der Waals surface area contributed by atoms with Gasteiger partial charge in [0.25, 0.3) is 0 Å². The minimum Gasteiger partial charge on any atom is -0.477 e. The lowest BCUT2D eigenvalue weighted by Crippen LogP contribution is -2.18. The van der Waals surface area contributed by atoms with E-state index in [0.29, 0.717) is 12.1 Å². The van der Waals surface area contributed by atoms with Gasteiger partial charge in [-0.15, -0.1) is 12.6 Å². The molecule has 0 atom stereocenters. The molecule has 1 heterocycles. The zero-order valence-corrected chi connectivity index (χ0v) is 24.8. The number of rotatable bonds is 11. The number of thiol groups is 1. The molecule has 0 bridgehead atoms. The van der Waals surface area contributed by atoms with Crippen molar-refractivity contribution >= 4 is 23.7 Å². The quantitative estimate of drug-likeness (QED) is 0.224. The summed E-state index contributed by atoms with van der Waals surface area (Å²) < 4.78 is 1.74. The van der Waals surface area contributed by atoms with Gasteiger partial charge in [-0.25, -0.2) is 4.79 Å². The molecule has 1 aromatic heterocycles. The van der Waals surface area contributed by atoms with Gasteiger partial charge in [0.05, 0.1) is 0 Å². The molecule has 0 aliphatic carbocycles. The van der Waals surface area contributed by atoms with Crippen molar-refractivity contribution in [2.75, 3.05) is 0 Å². The normalized spacial score (nSPS) is 11.5. The maximum atomic E-state index is 11.6. The number of carboxylic acid groups (broad SMARTS) is 1. The number of carboxylic acids is 1. The Labute approximate surface area is 233 Å². The fourth-order valence-corrected chi connectivity index (χ4v) is 4.04. The third-order valence-electron chi connectivity index (χ3n) is 6.06. The average molecular weight is 538 g/mol. The van der Waals surface area contributed by atoms with E-state index < -0.39 is 11.4 Å². The van der Waals surface area contributed by atoms with Crippen LogP contribution in [0.1, 0.15) is 93.4 Å². The predicted molar refractivity (Wildman–Crippen MR) is 162 cm³/mol. The zero-order chi connectivity index (χ0) is 28.8. The second kappa shape index (κ2) is 16.7. The fraction of sp³-hybridized carbons (Fsp3) is 0.406. The topological polar surface area (TPSA) is 76.4 Å². The monoisotopic (exact) mass is 537 g/mol. The maximum absolute atomic E-state index is 11.6. The number of hydrogen-bond donors (Lipinski definition) is 2. The summed E-state index contributed by atoms with van der Waals surface area (Å²) in [4.78, 5) is 33.3. The van der Waals surface area contributed by atoms with Crippen LogP contribution in [-0.4, -0.2) is 20.8 Å². The number of carbonyl (C=O) groups is 2. The van der Waals surface area contributed by atoms with E-state index in [1.165, 1.54) is 29.0 Å². The van der Waals surface area contributed by atoms with Gasteiger partial charge in [0, 0.05) is 30.1 Å². The number of carbonyl (C=O) groups excluding carboxylic acids is 1. The Morgan fingerprint density at radius 3 is 1.92 bits per heavy atom. The van der Waals surface area contributed by atoms with Gasteiger partial charge in [0.15, 0.2) is 10.5 Å². The molecule has 206 valence electrons. The van der Waals surface area contributed by atoms with E-state index in [-0.39, 0.29) is 10.7 Å². The number of hydrogen-bond acceptors (Lipinski definition) is 3. The van der Waals surface area contributed by atoms with Gasteiger partial charge in [0.2, 0.25) is 0 Å². The molecule has 5 nitrogen and oxygen atoms in total. The minimum atomic E-state index is -1.21. The first-order valence-corrected chi connectivity index (χ1v) is 13.5. The molecule has 0 aliphatic heterocycles. The van der Waals surface area contributed by atoms with Gasteiger partial charge in [-0.3, -0.25) is 9.59 Å². The number of allylic oxidation sites excluding steroid dienone is 6. The molecular weight excluding hydrogens is 494 g/mol. The number of aromatic carboxylic acids is 1. The van der Waals surface area contributed by atoms with E-state index in [9.17, 15) is 14.4 Å². The number of pyridine rings is 1. The first kappa shape index (κ1) is 32.9. The maximum Gasteiger partial charge on any atom is 0.341 e. The highest BCUT2D eigenvalue weighted by Gasteiger charge is 2.12. The lowest BCUT2D eigenvalue weighted by atomic mass is 10.1. The summed E-state index contributed by atoms with van der Waals surface area (Å²) in [6.07, 6.45) is 14.0. The second-order valence-electron chi connectivity index (χ2n) is 10.1. The molecule has 0 spiro atoms. The SMILES string of the molecule is CC(C)=CCCC(C)=CCCC(C)=CCCC(=O)S.Cc1ccc(-n2cc(C(=O)O)c(=O)cc2C)c(C)c1. The average Bonchev–Trinajstić information content (AvgIpc) is 2.79. The van der Waals surface area contributed by atoms with Gasteiger partial charge < -0.3 is 9.67 Å². The second-order valence-corrected chi connectivity index (χ2v) is 10.5. The van der Waals surface area contributed by atoms with Crippen molar-refractivity contribution in [3.8, 4) is 5.69 Å². The molecule has 0 amide bonds. The molecule has 0 saturated carbocycles. The molecule has 2 aromatic rings. The van der Waals surface area contributed by atoms with E-state index in [2.05, 4.69) is 58.6 Å². The van der Waals surface area contributed by atoms with Gasteiger partial charge in [-0.05, 0) is 92.2 Å². The van der Waals surface area contributed by atoms with Crippen molar-refractivity contribution < 1.29 is 14.7 Å². The van der Waals surface area contributed by atoms with E-state index in [4.69, 9.17) is 5.11 Å². The summed E-state index contributed by atoms with van der Waals surface area (Å²) in [6.45, 7) is 14.4. The van der Waals surface area contributed by atoms with Crippen LogP contribution >= 0.6 is 12.6 Å². The van der Waals surface area contributed by atoms with Gasteiger partial charge >= 0.3 is 5.97 Å². The Morgan fingerprint density at radius 1 is 0.868 bits per heavy atom. The molecule has 0 radical (unpaired) electrons. The molecule has 2 rings (SSSR count). The highest BCUT2D eigenvalue weighted by molar-refractivity contribution is 7.96. The van der Waals surface area contributed by atoms with Crippen LogP contribution in [0.15, 0.2) is 70.2 Å². The Hall–Kier alpha value is -3.12. The highest BCUT2D eigenvalue weighted by Crippen LogP contribution is 2.17. The van der Waals surface area contributed by atoms with Crippen molar-refractivity contribution in [2.24, 2.45) is 0 Å². The summed E-state index contributed by atoms with van der Waals surface area (Å²) in [5.74, 6) is -1.21. The first-order valence-electron chi connectivity index (χ1n) is 13.0. The van der Waals surface area contributed by atoms with E-state index in [0.717, 1.165) is 48.9 Å². The van der Waals surface area contributed by atoms with Crippen LogP contribution in [0.2, 0.25) is 0 Å². The summed E-state index contributed by atoms with van der Waals surface area (Å²) in [5.41, 5.74) is 7.30. The summed E-state index contributed by atoms with van der Waals surface area (Å²) in [5, 5.41) is 9.00. The van der Waals surface area contributed by atoms with Crippen LogP contribution in [-0.2, 0) is 4.79 Å². The van der Waals surface area contributed by atoms with Crippen molar-refractivity contribution in [3.63, 3.8) is 0 Å². The van der Waals surface area contributed by atoms with Gasteiger partial charge in [0.1, 0.15) is 5.56 Å². The van der Waals surface area contributed by atoms with E-state index >= 15 is 0 Å². The van der Waals surface area contributed by atoms with Crippen molar-refractivity contribution in [1.82, 2.24) is 4.57 Å². The smallest absolute Gasteiger partial charge is 0.341 e. The lowest BCUT2D eigenvalue weighted by Gasteiger charge is -2.14. The zero-order valence-electron chi connectivity index (χ0n) is 23.9. The largest absolute Gasteiger partial charge is 0.477 e. The molecule has 0 saturated heterocycles. The minimum absolute atomic E-state index is 0.0286. The van der Waals surface area contributed by atoms with Crippen LogP contribution in [0.25, 0.3) is 5.69 Å². The Kier molecular flexibility index (Phi) is 14.4. The third-order valence-corrected chi connectivity index (χ3v) is 6.28. The highest BCUT2D eigenvalue weighted by atomic mass is 32.1. The molecule has 0 fully saturated rings. The molecule has 1 aromatic carbocycles. The van der Waals surface area contributed by atoms with Crippen molar-refractivity contribution in [2.45, 2.75) is 87.0 Å².